The number of rotatable bonds is 2. The van der Waals surface area contributed by atoms with Crippen LogP contribution in [0.5, 0.6) is 0 Å². The molecule has 1 heterocycles. The number of carbonyl (C=O) groups excluding carboxylic acids is 1. The predicted octanol–water partition coefficient (Wildman–Crippen LogP) is 2.14. The molecule has 1 aromatic rings. The van der Waals surface area contributed by atoms with E-state index >= 15 is 0 Å². The number of aliphatic hydroxyl groups excluding tert-OH is 1. The minimum Gasteiger partial charge on any atom is -0.393 e. The third kappa shape index (κ3) is 2.75. The van der Waals surface area contributed by atoms with Crippen LogP contribution in [0.1, 0.15) is 35.2 Å². The summed E-state index contributed by atoms with van der Waals surface area (Å²) in [7, 11) is 0. The lowest BCUT2D eigenvalue weighted by atomic mass is 9.93. The standard InChI is InChI=1S/C17H22FNO3/c1-11-4-2-6-13(16(11)18)17(21)19-8-9-22-10-14(19)12-5-3-7-15(12)20/h2,4,6,12,14-15,20H,3,5,7-10H2,1H3/t12-,14+,15-/m0/s1. The second-order valence-electron chi connectivity index (χ2n) is 6.24. The Morgan fingerprint density at radius 3 is 2.95 bits per heavy atom. The Bertz CT molecular complexity index is 563. The molecule has 1 saturated heterocycles. The Kier molecular flexibility index (Phi) is 4.45. The minimum absolute atomic E-state index is 0.0251. The van der Waals surface area contributed by atoms with Crippen LogP contribution in [0.25, 0.3) is 0 Å². The van der Waals surface area contributed by atoms with Gasteiger partial charge in [0.25, 0.3) is 5.91 Å². The SMILES string of the molecule is Cc1cccc(C(=O)N2CCOC[C@@H]2[C@@H]2CCC[C@@H]2O)c1F. The van der Waals surface area contributed by atoms with Crippen LogP contribution in [0.15, 0.2) is 18.2 Å². The van der Waals surface area contributed by atoms with Crippen LogP contribution < -0.4 is 0 Å². The molecule has 3 rings (SSSR count). The summed E-state index contributed by atoms with van der Waals surface area (Å²) >= 11 is 0. The number of ether oxygens (including phenoxy) is 1. The molecule has 3 atom stereocenters. The number of halogens is 1. The van der Waals surface area contributed by atoms with Gasteiger partial charge in [0.2, 0.25) is 0 Å². The second kappa shape index (κ2) is 6.34. The van der Waals surface area contributed by atoms with Crippen LogP contribution in [0.4, 0.5) is 4.39 Å². The number of aryl methyl sites for hydroxylation is 1. The summed E-state index contributed by atoms with van der Waals surface area (Å²) in [4.78, 5) is 14.5. The van der Waals surface area contributed by atoms with Gasteiger partial charge < -0.3 is 14.7 Å². The summed E-state index contributed by atoms with van der Waals surface area (Å²) < 4.78 is 19.8. The van der Waals surface area contributed by atoms with E-state index in [9.17, 15) is 14.3 Å². The maximum absolute atomic E-state index is 14.3. The average molecular weight is 307 g/mol. The van der Waals surface area contributed by atoms with Gasteiger partial charge in [-0.15, -0.1) is 0 Å². The summed E-state index contributed by atoms with van der Waals surface area (Å²) in [6, 6.07) is 4.72. The summed E-state index contributed by atoms with van der Waals surface area (Å²) in [6.45, 7) is 2.98. The molecule has 0 aromatic heterocycles. The summed E-state index contributed by atoms with van der Waals surface area (Å²) in [5.41, 5.74) is 0.580. The van der Waals surface area contributed by atoms with Crippen LogP contribution in [-0.4, -0.2) is 47.8 Å². The molecular formula is C17H22FNO3. The normalized spacial score (nSPS) is 28.9. The Morgan fingerprint density at radius 1 is 1.41 bits per heavy atom. The van der Waals surface area contributed by atoms with Crippen molar-refractivity contribution < 1.29 is 19.0 Å². The number of hydrogen-bond acceptors (Lipinski definition) is 3. The van der Waals surface area contributed by atoms with Crippen LogP contribution in [0.3, 0.4) is 0 Å². The largest absolute Gasteiger partial charge is 0.393 e. The highest BCUT2D eigenvalue weighted by Crippen LogP contribution is 2.33. The molecule has 1 aromatic carbocycles. The first-order valence-electron chi connectivity index (χ1n) is 7.91. The zero-order valence-corrected chi connectivity index (χ0v) is 12.8. The molecule has 0 radical (unpaired) electrons. The van der Waals surface area contributed by atoms with E-state index in [1.165, 1.54) is 6.07 Å². The molecule has 0 unspecified atom stereocenters. The van der Waals surface area contributed by atoms with E-state index < -0.39 is 11.9 Å². The Balaban J connectivity index is 1.87. The molecule has 4 nitrogen and oxygen atoms in total. The van der Waals surface area contributed by atoms with Gasteiger partial charge in [0.1, 0.15) is 5.82 Å². The van der Waals surface area contributed by atoms with Crippen LogP contribution in [0.2, 0.25) is 0 Å². The maximum Gasteiger partial charge on any atom is 0.257 e. The van der Waals surface area contributed by atoms with Crippen molar-refractivity contribution >= 4 is 5.91 Å². The lowest BCUT2D eigenvalue weighted by Gasteiger charge is -2.40. The van der Waals surface area contributed by atoms with E-state index in [0.29, 0.717) is 25.3 Å². The highest BCUT2D eigenvalue weighted by molar-refractivity contribution is 5.95. The molecule has 0 spiro atoms. The van der Waals surface area contributed by atoms with Gasteiger partial charge in [0.15, 0.2) is 0 Å². The Labute approximate surface area is 129 Å². The first kappa shape index (κ1) is 15.4. The van der Waals surface area contributed by atoms with E-state index in [0.717, 1.165) is 19.3 Å². The highest BCUT2D eigenvalue weighted by atomic mass is 19.1. The molecule has 1 aliphatic carbocycles. The van der Waals surface area contributed by atoms with E-state index in [4.69, 9.17) is 4.74 Å². The van der Waals surface area contributed by atoms with Crippen molar-refractivity contribution in [3.05, 3.63) is 35.1 Å². The van der Waals surface area contributed by atoms with E-state index in [1.807, 2.05) is 0 Å². The van der Waals surface area contributed by atoms with Gasteiger partial charge in [-0.2, -0.15) is 0 Å². The van der Waals surface area contributed by atoms with Crippen molar-refractivity contribution in [2.75, 3.05) is 19.8 Å². The van der Waals surface area contributed by atoms with E-state index in [-0.39, 0.29) is 23.4 Å². The molecule has 1 amide bonds. The lowest BCUT2D eigenvalue weighted by Crippen LogP contribution is -2.53. The van der Waals surface area contributed by atoms with Crippen molar-refractivity contribution in [3.63, 3.8) is 0 Å². The summed E-state index contributed by atoms with van der Waals surface area (Å²) in [5, 5.41) is 10.1. The molecule has 1 saturated carbocycles. The monoisotopic (exact) mass is 307 g/mol. The highest BCUT2D eigenvalue weighted by Gasteiger charge is 2.40. The number of carbonyl (C=O) groups is 1. The molecular weight excluding hydrogens is 285 g/mol. The van der Waals surface area contributed by atoms with Crippen molar-refractivity contribution in [2.24, 2.45) is 5.92 Å². The topological polar surface area (TPSA) is 49.8 Å². The number of hydrogen-bond donors (Lipinski definition) is 1. The molecule has 0 bridgehead atoms. The van der Waals surface area contributed by atoms with Gasteiger partial charge in [-0.05, 0) is 31.4 Å². The number of amides is 1. The van der Waals surface area contributed by atoms with Gasteiger partial charge in [0.05, 0.1) is 30.9 Å². The van der Waals surface area contributed by atoms with Crippen LogP contribution in [0, 0.1) is 18.7 Å². The zero-order valence-electron chi connectivity index (χ0n) is 12.8. The zero-order chi connectivity index (χ0) is 15.7. The molecule has 2 fully saturated rings. The third-order valence-corrected chi connectivity index (χ3v) is 4.87. The van der Waals surface area contributed by atoms with E-state index in [2.05, 4.69) is 0 Å². The first-order valence-corrected chi connectivity index (χ1v) is 7.91. The molecule has 22 heavy (non-hydrogen) atoms. The van der Waals surface area contributed by atoms with Crippen molar-refractivity contribution in [2.45, 2.75) is 38.3 Å². The predicted molar refractivity (Wildman–Crippen MR) is 80.1 cm³/mol. The summed E-state index contributed by atoms with van der Waals surface area (Å²) in [5.74, 6) is -0.726. The molecule has 2 aliphatic rings. The fourth-order valence-electron chi connectivity index (χ4n) is 3.61. The van der Waals surface area contributed by atoms with Gasteiger partial charge in [-0.1, -0.05) is 18.6 Å². The number of benzene rings is 1. The van der Waals surface area contributed by atoms with Gasteiger partial charge in [-0.25, -0.2) is 4.39 Å². The Morgan fingerprint density at radius 2 is 2.23 bits per heavy atom. The molecule has 5 heteroatoms. The van der Waals surface area contributed by atoms with Crippen LogP contribution >= 0.6 is 0 Å². The molecule has 1 N–H and O–H groups in total. The fourth-order valence-corrected chi connectivity index (χ4v) is 3.61. The minimum atomic E-state index is -0.454. The van der Waals surface area contributed by atoms with Gasteiger partial charge >= 0.3 is 0 Å². The average Bonchev–Trinajstić information content (AvgIpc) is 2.95. The second-order valence-corrected chi connectivity index (χ2v) is 6.24. The maximum atomic E-state index is 14.3. The number of morpholine rings is 1. The number of aliphatic hydroxyl groups is 1. The fraction of sp³-hybridized carbons (Fsp3) is 0.588. The smallest absolute Gasteiger partial charge is 0.257 e. The quantitative estimate of drug-likeness (QED) is 0.910. The molecule has 120 valence electrons. The van der Waals surface area contributed by atoms with Gasteiger partial charge in [0, 0.05) is 12.5 Å². The third-order valence-electron chi connectivity index (χ3n) is 4.87. The lowest BCUT2D eigenvalue weighted by molar-refractivity contribution is -0.0385. The Hall–Kier alpha value is -1.46. The van der Waals surface area contributed by atoms with Crippen molar-refractivity contribution in [1.82, 2.24) is 4.90 Å². The first-order chi connectivity index (χ1) is 10.6. The van der Waals surface area contributed by atoms with Gasteiger partial charge in [-0.3, -0.25) is 4.79 Å². The van der Waals surface area contributed by atoms with Crippen molar-refractivity contribution in [3.8, 4) is 0 Å². The summed E-state index contributed by atoms with van der Waals surface area (Å²) in [6.07, 6.45) is 2.21. The van der Waals surface area contributed by atoms with Crippen LogP contribution in [-0.2, 0) is 4.74 Å². The van der Waals surface area contributed by atoms with E-state index in [1.54, 1.807) is 24.0 Å². The van der Waals surface area contributed by atoms with Crippen molar-refractivity contribution in [1.29, 1.82) is 0 Å². The number of nitrogens with zero attached hydrogens (tertiary/aromatic N) is 1. The molecule has 1 aliphatic heterocycles.